The normalized spacial score (nSPS) is 13.5. The van der Waals surface area contributed by atoms with Crippen LogP contribution >= 0.6 is 0 Å². The van der Waals surface area contributed by atoms with Gasteiger partial charge in [0.05, 0.1) is 0 Å². The third kappa shape index (κ3) is 3.69. The number of fused-ring (bicyclic) bond motifs is 1. The maximum Gasteiger partial charge on any atom is 0.122 e. The van der Waals surface area contributed by atoms with Crippen molar-refractivity contribution >= 4 is 5.69 Å². The highest BCUT2D eigenvalue weighted by atomic mass is 16.5. The van der Waals surface area contributed by atoms with Crippen LogP contribution in [0.1, 0.15) is 24.0 Å². The quantitative estimate of drug-likeness (QED) is 0.673. The summed E-state index contributed by atoms with van der Waals surface area (Å²) in [4.78, 5) is 0. The second-order valence-electron chi connectivity index (χ2n) is 5.41. The molecule has 1 aliphatic rings. The summed E-state index contributed by atoms with van der Waals surface area (Å²) in [5, 5.41) is 0. The molecule has 0 aliphatic heterocycles. The van der Waals surface area contributed by atoms with Crippen LogP contribution in [0.4, 0.5) is 5.69 Å². The molecule has 2 aromatic rings. The molecule has 3 rings (SSSR count). The minimum Gasteiger partial charge on any atom is -0.490 e. The summed E-state index contributed by atoms with van der Waals surface area (Å²) < 4.78 is 11.4. The lowest BCUT2D eigenvalue weighted by molar-refractivity contribution is 0.217. The van der Waals surface area contributed by atoms with Gasteiger partial charge in [0, 0.05) is 11.8 Å². The van der Waals surface area contributed by atoms with Crippen LogP contribution in [-0.4, -0.2) is 13.2 Å². The van der Waals surface area contributed by atoms with Crippen LogP contribution in [0.15, 0.2) is 42.5 Å². The van der Waals surface area contributed by atoms with Crippen LogP contribution in [0.5, 0.6) is 11.5 Å². The van der Waals surface area contributed by atoms with Crippen molar-refractivity contribution in [3.8, 4) is 11.5 Å². The molecular weight excluding hydrogens is 262 g/mol. The molecule has 0 fully saturated rings. The van der Waals surface area contributed by atoms with E-state index >= 15 is 0 Å². The summed E-state index contributed by atoms with van der Waals surface area (Å²) in [6.07, 6.45) is 4.97. The van der Waals surface area contributed by atoms with Gasteiger partial charge in [-0.1, -0.05) is 12.1 Å². The number of rotatable bonds is 5. The van der Waals surface area contributed by atoms with Gasteiger partial charge < -0.3 is 15.2 Å². The maximum absolute atomic E-state index is 5.77. The highest BCUT2D eigenvalue weighted by Gasteiger charge is 2.09. The van der Waals surface area contributed by atoms with Crippen LogP contribution in [0, 0.1) is 0 Å². The Balaban J connectivity index is 1.49. The number of nitrogen functional groups attached to an aromatic ring is 1. The molecular formula is C18H21NO2. The molecule has 0 saturated carbocycles. The van der Waals surface area contributed by atoms with Crippen LogP contribution in [0.25, 0.3) is 0 Å². The maximum atomic E-state index is 5.77. The van der Waals surface area contributed by atoms with Gasteiger partial charge in [-0.15, -0.1) is 0 Å². The number of aryl methyl sites for hydroxylation is 2. The van der Waals surface area contributed by atoms with Crippen molar-refractivity contribution < 1.29 is 9.47 Å². The van der Waals surface area contributed by atoms with Crippen molar-refractivity contribution in [1.29, 1.82) is 0 Å². The lowest BCUT2D eigenvalue weighted by Crippen LogP contribution is -2.10. The van der Waals surface area contributed by atoms with E-state index in [0.717, 1.165) is 11.5 Å². The summed E-state index contributed by atoms with van der Waals surface area (Å²) in [6.45, 7) is 1.05. The third-order valence-electron chi connectivity index (χ3n) is 3.80. The first-order valence-electron chi connectivity index (χ1n) is 7.54. The lowest BCUT2D eigenvalue weighted by Gasteiger charge is -2.17. The Kier molecular flexibility index (Phi) is 4.29. The largest absolute Gasteiger partial charge is 0.490 e. The molecule has 0 spiro atoms. The van der Waals surface area contributed by atoms with Crippen molar-refractivity contribution in [2.45, 2.75) is 25.7 Å². The lowest BCUT2D eigenvalue weighted by atomic mass is 9.92. The molecule has 0 aromatic heterocycles. The number of anilines is 1. The smallest absolute Gasteiger partial charge is 0.122 e. The third-order valence-corrected chi connectivity index (χ3v) is 3.80. The SMILES string of the molecule is Nc1cccc(OCCOc2ccc3c(c2)CCCC3)c1. The molecule has 2 aromatic carbocycles. The molecule has 1 aliphatic carbocycles. The van der Waals surface area contributed by atoms with E-state index in [0.29, 0.717) is 18.9 Å². The molecule has 0 bridgehead atoms. The van der Waals surface area contributed by atoms with Gasteiger partial charge in [-0.05, 0) is 61.1 Å². The van der Waals surface area contributed by atoms with E-state index in [1.54, 1.807) is 0 Å². The Morgan fingerprint density at radius 1 is 0.810 bits per heavy atom. The minimum absolute atomic E-state index is 0.514. The predicted molar refractivity (Wildman–Crippen MR) is 84.9 cm³/mol. The van der Waals surface area contributed by atoms with Gasteiger partial charge >= 0.3 is 0 Å². The van der Waals surface area contributed by atoms with Gasteiger partial charge in [-0.2, -0.15) is 0 Å². The van der Waals surface area contributed by atoms with E-state index in [9.17, 15) is 0 Å². The Hall–Kier alpha value is -2.16. The number of nitrogens with two attached hydrogens (primary N) is 1. The molecule has 21 heavy (non-hydrogen) atoms. The Morgan fingerprint density at radius 2 is 1.52 bits per heavy atom. The fraction of sp³-hybridized carbons (Fsp3) is 0.333. The zero-order valence-corrected chi connectivity index (χ0v) is 12.2. The molecule has 0 unspecified atom stereocenters. The van der Waals surface area contributed by atoms with Crippen LogP contribution < -0.4 is 15.2 Å². The Morgan fingerprint density at radius 3 is 2.29 bits per heavy atom. The van der Waals surface area contributed by atoms with E-state index in [2.05, 4.69) is 18.2 Å². The van der Waals surface area contributed by atoms with E-state index in [-0.39, 0.29) is 0 Å². The van der Waals surface area contributed by atoms with Gasteiger partial charge in [0.2, 0.25) is 0 Å². The molecule has 110 valence electrons. The molecule has 0 amide bonds. The van der Waals surface area contributed by atoms with Crippen molar-refractivity contribution in [3.63, 3.8) is 0 Å². The van der Waals surface area contributed by atoms with Crippen LogP contribution in [0.3, 0.4) is 0 Å². The van der Waals surface area contributed by atoms with Crippen LogP contribution in [-0.2, 0) is 12.8 Å². The van der Waals surface area contributed by atoms with Gasteiger partial charge in [-0.3, -0.25) is 0 Å². The van der Waals surface area contributed by atoms with E-state index in [1.165, 1.54) is 36.8 Å². The minimum atomic E-state index is 0.514. The van der Waals surface area contributed by atoms with Crippen molar-refractivity contribution in [3.05, 3.63) is 53.6 Å². The van der Waals surface area contributed by atoms with Crippen molar-refractivity contribution in [1.82, 2.24) is 0 Å². The first-order chi connectivity index (χ1) is 10.3. The zero-order chi connectivity index (χ0) is 14.5. The first-order valence-corrected chi connectivity index (χ1v) is 7.54. The molecule has 0 heterocycles. The van der Waals surface area contributed by atoms with Gasteiger partial charge in [0.15, 0.2) is 0 Å². The molecule has 0 saturated heterocycles. The number of hydrogen-bond acceptors (Lipinski definition) is 3. The van der Waals surface area contributed by atoms with Gasteiger partial charge in [0.25, 0.3) is 0 Å². The predicted octanol–water partition coefficient (Wildman–Crippen LogP) is 3.61. The molecule has 2 N–H and O–H groups in total. The molecule has 3 nitrogen and oxygen atoms in total. The number of hydrogen-bond donors (Lipinski definition) is 1. The topological polar surface area (TPSA) is 44.5 Å². The Bertz CT molecular complexity index is 610. The molecule has 3 heteroatoms. The molecule has 0 atom stereocenters. The highest BCUT2D eigenvalue weighted by Crippen LogP contribution is 2.25. The van der Waals surface area contributed by atoms with E-state index < -0.39 is 0 Å². The fourth-order valence-corrected chi connectivity index (χ4v) is 2.72. The van der Waals surface area contributed by atoms with Gasteiger partial charge in [-0.25, -0.2) is 0 Å². The van der Waals surface area contributed by atoms with E-state index in [4.69, 9.17) is 15.2 Å². The summed E-state index contributed by atoms with van der Waals surface area (Å²) in [5.41, 5.74) is 9.34. The first kappa shape index (κ1) is 13.8. The van der Waals surface area contributed by atoms with Crippen molar-refractivity contribution in [2.75, 3.05) is 18.9 Å². The summed E-state index contributed by atoms with van der Waals surface area (Å²) in [7, 11) is 0. The Labute approximate surface area is 125 Å². The highest BCUT2D eigenvalue weighted by molar-refractivity contribution is 5.43. The summed E-state index contributed by atoms with van der Waals surface area (Å²) in [5.74, 6) is 1.72. The average molecular weight is 283 g/mol. The number of benzene rings is 2. The second kappa shape index (κ2) is 6.53. The number of ether oxygens (including phenoxy) is 2. The standard InChI is InChI=1S/C18H21NO2/c19-16-6-3-7-17(13-16)20-10-11-21-18-9-8-14-4-1-2-5-15(14)12-18/h3,6-9,12-13H,1-2,4-5,10-11,19H2. The second-order valence-corrected chi connectivity index (χ2v) is 5.41. The summed E-state index contributed by atoms with van der Waals surface area (Å²) in [6, 6.07) is 13.9. The van der Waals surface area contributed by atoms with Crippen molar-refractivity contribution in [2.24, 2.45) is 0 Å². The van der Waals surface area contributed by atoms with Crippen LogP contribution in [0.2, 0.25) is 0 Å². The average Bonchev–Trinajstić information content (AvgIpc) is 2.51. The molecule has 0 radical (unpaired) electrons. The van der Waals surface area contributed by atoms with Gasteiger partial charge in [0.1, 0.15) is 24.7 Å². The fourth-order valence-electron chi connectivity index (χ4n) is 2.72. The van der Waals surface area contributed by atoms with E-state index in [1.807, 2.05) is 24.3 Å². The summed E-state index contributed by atoms with van der Waals surface area (Å²) >= 11 is 0. The zero-order valence-electron chi connectivity index (χ0n) is 12.2. The monoisotopic (exact) mass is 283 g/mol.